The maximum atomic E-state index is 13.4. The van der Waals surface area contributed by atoms with Gasteiger partial charge in [0.2, 0.25) is 0 Å². The highest BCUT2D eigenvalue weighted by Crippen LogP contribution is 2.15. The van der Waals surface area contributed by atoms with Gasteiger partial charge in [0.05, 0.1) is 19.1 Å². The number of methoxy groups -OCH3 is 1. The minimum Gasteiger partial charge on any atom is -0.497 e. The zero-order valence-electron chi connectivity index (χ0n) is 9.20. The predicted octanol–water partition coefficient (Wildman–Crippen LogP) is 1.04. The Morgan fingerprint density at radius 3 is 2.71 bits per heavy atom. The van der Waals surface area contributed by atoms with Gasteiger partial charge in [-0.1, -0.05) is 0 Å². The van der Waals surface area contributed by atoms with Crippen molar-refractivity contribution in [3.8, 4) is 5.75 Å². The highest BCUT2D eigenvalue weighted by Gasteiger charge is 2.12. The predicted molar refractivity (Wildman–Crippen MR) is 57.5 cm³/mol. The summed E-state index contributed by atoms with van der Waals surface area (Å²) < 4.78 is 18.2. The number of benzene rings is 1. The van der Waals surface area contributed by atoms with Gasteiger partial charge in [-0.15, -0.1) is 0 Å². The van der Waals surface area contributed by atoms with Crippen LogP contribution in [0.5, 0.6) is 5.75 Å². The lowest BCUT2D eigenvalue weighted by molar-refractivity contribution is -0.136. The van der Waals surface area contributed by atoms with E-state index in [4.69, 9.17) is 9.84 Å². The number of carboxylic acid groups (broad SMARTS) is 1. The topological polar surface area (TPSA) is 75.6 Å². The Morgan fingerprint density at radius 1 is 1.47 bits per heavy atom. The van der Waals surface area contributed by atoms with Crippen molar-refractivity contribution in [1.82, 2.24) is 5.32 Å². The number of aliphatic carboxylic acids is 1. The molecule has 0 saturated heterocycles. The van der Waals surface area contributed by atoms with Crippen LogP contribution in [0.25, 0.3) is 0 Å². The van der Waals surface area contributed by atoms with E-state index in [2.05, 4.69) is 5.32 Å². The molecule has 92 valence electrons. The first kappa shape index (κ1) is 13.0. The summed E-state index contributed by atoms with van der Waals surface area (Å²) in [4.78, 5) is 21.7. The second kappa shape index (κ2) is 5.83. The van der Waals surface area contributed by atoms with E-state index in [1.165, 1.54) is 19.2 Å². The highest BCUT2D eigenvalue weighted by molar-refractivity contribution is 5.94. The fraction of sp³-hybridized carbons (Fsp3) is 0.273. The monoisotopic (exact) mass is 241 g/mol. The third-order valence-electron chi connectivity index (χ3n) is 2.05. The summed E-state index contributed by atoms with van der Waals surface area (Å²) in [5, 5.41) is 10.7. The summed E-state index contributed by atoms with van der Waals surface area (Å²) in [5.41, 5.74) is -0.142. The third kappa shape index (κ3) is 3.75. The standard InChI is InChI=1S/C11H12FNO4/c1-17-7-2-3-8(9(12)6-7)11(16)13-5-4-10(14)15/h2-3,6H,4-5H2,1H3,(H,13,16)(H,14,15). The largest absolute Gasteiger partial charge is 0.497 e. The summed E-state index contributed by atoms with van der Waals surface area (Å²) in [7, 11) is 1.39. The van der Waals surface area contributed by atoms with Crippen LogP contribution in [0.4, 0.5) is 4.39 Å². The van der Waals surface area contributed by atoms with Gasteiger partial charge in [0.25, 0.3) is 5.91 Å². The Hall–Kier alpha value is -2.11. The lowest BCUT2D eigenvalue weighted by Gasteiger charge is -2.06. The molecule has 0 atom stereocenters. The Morgan fingerprint density at radius 2 is 2.18 bits per heavy atom. The van der Waals surface area contributed by atoms with E-state index in [-0.39, 0.29) is 18.5 Å². The number of amides is 1. The van der Waals surface area contributed by atoms with Crippen LogP contribution >= 0.6 is 0 Å². The quantitative estimate of drug-likeness (QED) is 0.807. The zero-order valence-corrected chi connectivity index (χ0v) is 9.20. The summed E-state index contributed by atoms with van der Waals surface area (Å²) in [6, 6.07) is 3.82. The van der Waals surface area contributed by atoms with Gasteiger partial charge < -0.3 is 15.2 Å². The third-order valence-corrected chi connectivity index (χ3v) is 2.05. The van der Waals surface area contributed by atoms with Crippen LogP contribution in [0.15, 0.2) is 18.2 Å². The lowest BCUT2D eigenvalue weighted by Crippen LogP contribution is -2.26. The second-order valence-electron chi connectivity index (χ2n) is 3.25. The van der Waals surface area contributed by atoms with Crippen LogP contribution in [0.1, 0.15) is 16.8 Å². The average molecular weight is 241 g/mol. The summed E-state index contributed by atoms with van der Waals surface area (Å²) in [6.07, 6.45) is -0.205. The number of hydrogen-bond donors (Lipinski definition) is 2. The number of hydrogen-bond acceptors (Lipinski definition) is 3. The summed E-state index contributed by atoms with van der Waals surface area (Å²) >= 11 is 0. The number of rotatable bonds is 5. The molecule has 1 rings (SSSR count). The van der Waals surface area contributed by atoms with Gasteiger partial charge in [0.15, 0.2) is 0 Å². The SMILES string of the molecule is COc1ccc(C(=O)NCCC(=O)O)c(F)c1. The Kier molecular flexibility index (Phi) is 4.45. The normalized spacial score (nSPS) is 9.76. The molecule has 1 aromatic rings. The van der Waals surface area contributed by atoms with Crippen molar-refractivity contribution in [2.45, 2.75) is 6.42 Å². The minimum absolute atomic E-state index is 0.0420. The molecule has 0 aliphatic carbocycles. The number of ether oxygens (including phenoxy) is 1. The maximum absolute atomic E-state index is 13.4. The van der Waals surface area contributed by atoms with Gasteiger partial charge in [0, 0.05) is 12.6 Å². The molecule has 0 aromatic heterocycles. The first-order chi connectivity index (χ1) is 8.04. The van der Waals surface area contributed by atoms with Gasteiger partial charge >= 0.3 is 5.97 Å². The van der Waals surface area contributed by atoms with E-state index >= 15 is 0 Å². The van der Waals surface area contributed by atoms with Crippen LogP contribution in [0.3, 0.4) is 0 Å². The molecule has 5 nitrogen and oxygen atoms in total. The van der Waals surface area contributed by atoms with E-state index in [1.54, 1.807) is 0 Å². The van der Waals surface area contributed by atoms with E-state index in [1.807, 2.05) is 0 Å². The van der Waals surface area contributed by atoms with Crippen LogP contribution in [0, 0.1) is 5.82 Å². The smallest absolute Gasteiger partial charge is 0.305 e. The van der Waals surface area contributed by atoms with E-state index < -0.39 is 17.7 Å². The number of halogens is 1. The van der Waals surface area contributed by atoms with Crippen molar-refractivity contribution in [1.29, 1.82) is 0 Å². The number of carbonyl (C=O) groups excluding carboxylic acids is 1. The van der Waals surface area contributed by atoms with Crippen molar-refractivity contribution in [3.05, 3.63) is 29.6 Å². The maximum Gasteiger partial charge on any atom is 0.305 e. The van der Waals surface area contributed by atoms with Crippen LogP contribution in [-0.2, 0) is 4.79 Å². The molecule has 6 heteroatoms. The average Bonchev–Trinajstić information content (AvgIpc) is 2.28. The highest BCUT2D eigenvalue weighted by atomic mass is 19.1. The summed E-state index contributed by atoms with van der Waals surface area (Å²) in [5.74, 6) is -2.08. The molecule has 0 saturated carbocycles. The molecule has 1 amide bonds. The van der Waals surface area contributed by atoms with Crippen molar-refractivity contribution in [2.24, 2.45) is 0 Å². The summed E-state index contributed by atoms with van der Waals surface area (Å²) in [6.45, 7) is -0.0420. The molecular formula is C11H12FNO4. The van der Waals surface area contributed by atoms with Gasteiger partial charge in [0.1, 0.15) is 11.6 Å². The molecule has 1 aromatic carbocycles. The number of nitrogens with one attached hydrogen (secondary N) is 1. The van der Waals surface area contributed by atoms with Gasteiger partial charge in [-0.2, -0.15) is 0 Å². The lowest BCUT2D eigenvalue weighted by atomic mass is 10.2. The molecule has 0 radical (unpaired) electrons. The first-order valence-electron chi connectivity index (χ1n) is 4.88. The van der Waals surface area contributed by atoms with Crippen molar-refractivity contribution in [3.63, 3.8) is 0 Å². The van der Waals surface area contributed by atoms with E-state index in [0.717, 1.165) is 6.07 Å². The van der Waals surface area contributed by atoms with Crippen LogP contribution < -0.4 is 10.1 Å². The van der Waals surface area contributed by atoms with Gasteiger partial charge in [-0.3, -0.25) is 9.59 Å². The van der Waals surface area contributed by atoms with Crippen molar-refractivity contribution < 1.29 is 23.8 Å². The molecule has 0 bridgehead atoms. The number of carbonyl (C=O) groups is 2. The fourth-order valence-corrected chi connectivity index (χ4v) is 1.19. The van der Waals surface area contributed by atoms with Gasteiger partial charge in [-0.25, -0.2) is 4.39 Å². The Bertz CT molecular complexity index is 433. The van der Waals surface area contributed by atoms with E-state index in [9.17, 15) is 14.0 Å². The fourth-order valence-electron chi connectivity index (χ4n) is 1.19. The van der Waals surface area contributed by atoms with Gasteiger partial charge in [-0.05, 0) is 12.1 Å². The van der Waals surface area contributed by atoms with Crippen LogP contribution in [0.2, 0.25) is 0 Å². The zero-order chi connectivity index (χ0) is 12.8. The first-order valence-corrected chi connectivity index (χ1v) is 4.88. The second-order valence-corrected chi connectivity index (χ2v) is 3.25. The van der Waals surface area contributed by atoms with E-state index in [0.29, 0.717) is 5.75 Å². The molecule has 2 N–H and O–H groups in total. The minimum atomic E-state index is -1.03. The molecular weight excluding hydrogens is 229 g/mol. The molecule has 17 heavy (non-hydrogen) atoms. The Labute approximate surface area is 97.2 Å². The molecule has 0 aliphatic rings. The molecule has 0 spiro atoms. The number of carboxylic acids is 1. The van der Waals surface area contributed by atoms with Crippen molar-refractivity contribution >= 4 is 11.9 Å². The molecule has 0 fully saturated rings. The van der Waals surface area contributed by atoms with Crippen LogP contribution in [-0.4, -0.2) is 30.6 Å². The molecule has 0 heterocycles. The molecule has 0 aliphatic heterocycles. The molecule has 0 unspecified atom stereocenters. The van der Waals surface area contributed by atoms with Crippen molar-refractivity contribution in [2.75, 3.05) is 13.7 Å². The Balaban J connectivity index is 2.66.